The Bertz CT molecular complexity index is 1090. The van der Waals surface area contributed by atoms with Gasteiger partial charge in [0, 0.05) is 12.0 Å². The highest BCUT2D eigenvalue weighted by Crippen LogP contribution is 2.31. The van der Waals surface area contributed by atoms with Crippen LogP contribution in [0.15, 0.2) is 45.7 Å². The van der Waals surface area contributed by atoms with E-state index in [-0.39, 0.29) is 16.6 Å². The van der Waals surface area contributed by atoms with E-state index in [0.29, 0.717) is 39.7 Å². The van der Waals surface area contributed by atoms with Crippen molar-refractivity contribution in [3.05, 3.63) is 41.4 Å². The topological polar surface area (TPSA) is 89.3 Å². The molecule has 0 aliphatic heterocycles. The van der Waals surface area contributed by atoms with Gasteiger partial charge in [0.25, 0.3) is 0 Å². The van der Waals surface area contributed by atoms with E-state index in [9.17, 15) is 13.2 Å². The van der Waals surface area contributed by atoms with Crippen molar-refractivity contribution in [2.24, 2.45) is 0 Å². The number of amides is 1. The van der Waals surface area contributed by atoms with Crippen LogP contribution in [0.25, 0.3) is 22.6 Å². The number of anilines is 1. The largest absolute Gasteiger partial charge is 0.436 e. The van der Waals surface area contributed by atoms with Gasteiger partial charge in [-0.3, -0.25) is 4.79 Å². The number of carbonyl (C=O) groups is 1. The number of rotatable bonds is 5. The Hall–Kier alpha value is -2.38. The van der Waals surface area contributed by atoms with Gasteiger partial charge < -0.3 is 9.73 Å². The van der Waals surface area contributed by atoms with Crippen LogP contribution in [0, 0.1) is 0 Å². The number of benzene rings is 2. The third-order valence-corrected chi connectivity index (χ3v) is 5.97. The fourth-order valence-corrected chi connectivity index (χ4v) is 3.45. The molecule has 26 heavy (non-hydrogen) atoms. The molecular weight excluding hydrogens is 376 g/mol. The Morgan fingerprint density at radius 2 is 1.96 bits per heavy atom. The SMILES string of the molecule is CCC(=O)Nc1cc(-c2nc3cc(S(=O)(=O)CC)ccc3o2)ccc1Cl. The molecule has 0 unspecified atom stereocenters. The maximum atomic E-state index is 12.0. The molecule has 0 radical (unpaired) electrons. The van der Waals surface area contributed by atoms with Gasteiger partial charge in [-0.1, -0.05) is 25.4 Å². The summed E-state index contributed by atoms with van der Waals surface area (Å²) in [5.74, 6) is 0.173. The number of carbonyl (C=O) groups excluding carboxylic acids is 1. The predicted octanol–water partition coefficient (Wildman–Crippen LogP) is 4.29. The summed E-state index contributed by atoms with van der Waals surface area (Å²) in [7, 11) is -3.32. The molecular formula is C18H17ClN2O4S. The van der Waals surface area contributed by atoms with Gasteiger partial charge in [0.2, 0.25) is 11.8 Å². The van der Waals surface area contributed by atoms with Crippen LogP contribution in [0.3, 0.4) is 0 Å². The van der Waals surface area contributed by atoms with Gasteiger partial charge >= 0.3 is 0 Å². The molecule has 0 spiro atoms. The highest BCUT2D eigenvalue weighted by Gasteiger charge is 2.16. The smallest absolute Gasteiger partial charge is 0.227 e. The van der Waals surface area contributed by atoms with Crippen molar-refractivity contribution in [1.82, 2.24) is 4.98 Å². The molecule has 0 fully saturated rings. The van der Waals surface area contributed by atoms with Crippen LogP contribution in [0.4, 0.5) is 5.69 Å². The average Bonchev–Trinajstić information content (AvgIpc) is 3.06. The van der Waals surface area contributed by atoms with Crippen LogP contribution >= 0.6 is 11.6 Å². The van der Waals surface area contributed by atoms with Crippen molar-refractivity contribution in [2.45, 2.75) is 25.2 Å². The van der Waals surface area contributed by atoms with Crippen LogP contribution in [-0.4, -0.2) is 25.1 Å². The second-order valence-electron chi connectivity index (χ2n) is 5.65. The second-order valence-corrected chi connectivity index (χ2v) is 8.33. The fraction of sp³-hybridized carbons (Fsp3) is 0.222. The first-order valence-corrected chi connectivity index (χ1v) is 10.1. The van der Waals surface area contributed by atoms with E-state index >= 15 is 0 Å². The van der Waals surface area contributed by atoms with E-state index in [1.165, 1.54) is 12.1 Å². The van der Waals surface area contributed by atoms with Crippen LogP contribution in [0.2, 0.25) is 5.02 Å². The number of fused-ring (bicyclic) bond motifs is 1. The molecule has 1 N–H and O–H groups in total. The molecule has 0 saturated heterocycles. The highest BCUT2D eigenvalue weighted by atomic mass is 35.5. The molecule has 0 aliphatic carbocycles. The lowest BCUT2D eigenvalue weighted by Gasteiger charge is -2.07. The normalized spacial score (nSPS) is 11.7. The summed E-state index contributed by atoms with van der Waals surface area (Å²) in [6.45, 7) is 3.34. The predicted molar refractivity (Wildman–Crippen MR) is 101 cm³/mol. The molecule has 2 aromatic carbocycles. The van der Waals surface area contributed by atoms with Gasteiger partial charge in [-0.15, -0.1) is 0 Å². The van der Waals surface area contributed by atoms with Crippen LogP contribution in [0.1, 0.15) is 20.3 Å². The molecule has 0 atom stereocenters. The minimum Gasteiger partial charge on any atom is -0.436 e. The summed E-state index contributed by atoms with van der Waals surface area (Å²) in [5.41, 5.74) is 2.01. The molecule has 1 heterocycles. The minimum absolute atomic E-state index is 0.0148. The lowest BCUT2D eigenvalue weighted by atomic mass is 10.2. The molecule has 1 amide bonds. The molecule has 0 saturated carbocycles. The number of oxazole rings is 1. The fourth-order valence-electron chi connectivity index (χ4n) is 2.38. The van der Waals surface area contributed by atoms with Crippen molar-refractivity contribution in [3.8, 4) is 11.5 Å². The van der Waals surface area contributed by atoms with E-state index in [1.807, 2.05) is 0 Å². The number of aromatic nitrogens is 1. The summed E-state index contributed by atoms with van der Waals surface area (Å²) in [5, 5.41) is 3.13. The number of nitrogens with one attached hydrogen (secondary N) is 1. The quantitative estimate of drug-likeness (QED) is 0.699. The van der Waals surface area contributed by atoms with E-state index in [2.05, 4.69) is 10.3 Å². The molecule has 136 valence electrons. The third-order valence-electron chi connectivity index (χ3n) is 3.91. The van der Waals surface area contributed by atoms with Crippen molar-refractivity contribution >= 4 is 44.1 Å². The van der Waals surface area contributed by atoms with Gasteiger partial charge in [-0.25, -0.2) is 13.4 Å². The Morgan fingerprint density at radius 1 is 1.19 bits per heavy atom. The zero-order valence-corrected chi connectivity index (χ0v) is 15.8. The van der Waals surface area contributed by atoms with E-state index < -0.39 is 9.84 Å². The zero-order chi connectivity index (χ0) is 18.9. The zero-order valence-electron chi connectivity index (χ0n) is 14.2. The van der Waals surface area contributed by atoms with Gasteiger partial charge in [-0.05, 0) is 36.4 Å². The maximum absolute atomic E-state index is 12.0. The van der Waals surface area contributed by atoms with Crippen molar-refractivity contribution in [2.75, 3.05) is 11.1 Å². The first kappa shape index (κ1) is 18.4. The van der Waals surface area contributed by atoms with Crippen LogP contribution in [0.5, 0.6) is 0 Å². The van der Waals surface area contributed by atoms with Gasteiger partial charge in [0.05, 0.1) is 21.4 Å². The van der Waals surface area contributed by atoms with E-state index in [0.717, 1.165) is 0 Å². The Balaban J connectivity index is 2.03. The highest BCUT2D eigenvalue weighted by molar-refractivity contribution is 7.91. The Kier molecular flexibility index (Phi) is 5.02. The molecule has 6 nitrogen and oxygen atoms in total. The lowest BCUT2D eigenvalue weighted by molar-refractivity contribution is -0.115. The summed E-state index contributed by atoms with van der Waals surface area (Å²) in [4.78, 5) is 16.2. The summed E-state index contributed by atoms with van der Waals surface area (Å²) >= 11 is 6.12. The number of hydrogen-bond donors (Lipinski definition) is 1. The Labute approximate surface area is 156 Å². The van der Waals surface area contributed by atoms with Gasteiger partial charge in [0.15, 0.2) is 15.4 Å². The monoisotopic (exact) mass is 392 g/mol. The van der Waals surface area contributed by atoms with Gasteiger partial charge in [-0.2, -0.15) is 0 Å². The molecule has 3 aromatic rings. The first-order valence-electron chi connectivity index (χ1n) is 8.07. The van der Waals surface area contributed by atoms with E-state index in [1.54, 1.807) is 38.1 Å². The maximum Gasteiger partial charge on any atom is 0.227 e. The summed E-state index contributed by atoms with van der Waals surface area (Å²) < 4.78 is 29.8. The Morgan fingerprint density at radius 3 is 2.65 bits per heavy atom. The number of sulfone groups is 1. The lowest BCUT2D eigenvalue weighted by Crippen LogP contribution is -2.09. The molecule has 1 aromatic heterocycles. The second kappa shape index (κ2) is 7.09. The number of hydrogen-bond acceptors (Lipinski definition) is 5. The van der Waals surface area contributed by atoms with Crippen molar-refractivity contribution < 1.29 is 17.6 Å². The number of halogens is 1. The van der Waals surface area contributed by atoms with Crippen LogP contribution in [-0.2, 0) is 14.6 Å². The molecule has 3 rings (SSSR count). The van der Waals surface area contributed by atoms with Crippen molar-refractivity contribution in [1.29, 1.82) is 0 Å². The third kappa shape index (κ3) is 3.59. The molecule has 0 aliphatic rings. The number of nitrogens with zero attached hydrogens (tertiary/aromatic N) is 1. The van der Waals surface area contributed by atoms with E-state index in [4.69, 9.17) is 16.0 Å². The summed E-state index contributed by atoms with van der Waals surface area (Å²) in [6, 6.07) is 9.62. The standard InChI is InChI=1S/C18H17ClN2O4S/c1-3-17(22)20-14-9-11(5-7-13(14)19)18-21-15-10-12(26(23,24)4-2)6-8-16(15)25-18/h5-10H,3-4H2,1-2H3,(H,20,22). The first-order chi connectivity index (χ1) is 12.3. The van der Waals surface area contributed by atoms with Crippen molar-refractivity contribution in [3.63, 3.8) is 0 Å². The molecule has 8 heteroatoms. The van der Waals surface area contributed by atoms with Crippen LogP contribution < -0.4 is 5.32 Å². The average molecular weight is 393 g/mol. The molecule has 0 bridgehead atoms. The van der Waals surface area contributed by atoms with Gasteiger partial charge in [0.1, 0.15) is 5.52 Å². The minimum atomic E-state index is -3.32. The summed E-state index contributed by atoms with van der Waals surface area (Å²) in [6.07, 6.45) is 0.331.